The van der Waals surface area contributed by atoms with Gasteiger partial charge in [-0.3, -0.25) is 14.5 Å². The fourth-order valence-electron chi connectivity index (χ4n) is 4.59. The van der Waals surface area contributed by atoms with Crippen molar-refractivity contribution in [2.75, 3.05) is 31.5 Å². The molecular weight excluding hydrogens is 462 g/mol. The van der Waals surface area contributed by atoms with Crippen molar-refractivity contribution in [2.24, 2.45) is 0 Å². The van der Waals surface area contributed by atoms with Crippen LogP contribution in [0.4, 0.5) is 5.82 Å². The molecule has 0 spiro atoms. The lowest BCUT2D eigenvalue weighted by Crippen LogP contribution is -2.49. The smallest absolute Gasteiger partial charge is 0.253 e. The van der Waals surface area contributed by atoms with Gasteiger partial charge < -0.3 is 10.2 Å². The Balaban J connectivity index is 1.33. The Morgan fingerprint density at radius 3 is 2.49 bits per heavy atom. The van der Waals surface area contributed by atoms with Crippen molar-refractivity contribution in [3.63, 3.8) is 0 Å². The zero-order chi connectivity index (χ0) is 24.6. The first-order valence-electron chi connectivity index (χ1n) is 12.2. The lowest BCUT2D eigenvalue weighted by Gasteiger charge is -2.38. The number of nitrogens with one attached hydrogen (secondary N) is 1. The highest BCUT2D eigenvalue weighted by atomic mass is 35.5. The Hall–Kier alpha value is -3.16. The quantitative estimate of drug-likeness (QED) is 0.475. The van der Waals surface area contributed by atoms with Crippen molar-refractivity contribution in [2.45, 2.75) is 38.8 Å². The number of anilines is 1. The third kappa shape index (κ3) is 6.50. The largest absolute Gasteiger partial charge is 0.339 e. The van der Waals surface area contributed by atoms with E-state index < -0.39 is 0 Å². The van der Waals surface area contributed by atoms with E-state index in [1.165, 1.54) is 0 Å². The summed E-state index contributed by atoms with van der Waals surface area (Å²) in [5.41, 5.74) is 1.67. The topological polar surface area (TPSA) is 70.5 Å². The molecule has 2 amide bonds. The molecule has 3 aromatic rings. The molecule has 1 N–H and O–H groups in total. The van der Waals surface area contributed by atoms with Gasteiger partial charge in [-0.2, -0.15) is 5.10 Å². The number of hydrogen-bond donors (Lipinski definition) is 1. The number of carbonyl (C=O) groups excluding carboxylic acids is 2. The second-order valence-electron chi connectivity index (χ2n) is 8.87. The molecule has 1 aromatic heterocycles. The summed E-state index contributed by atoms with van der Waals surface area (Å²) >= 11 is 6.29. The number of likely N-dealkylation sites (tertiary alicyclic amines) is 1. The SMILES string of the molecule is CCCN(CC(=O)Nc1ccnn1Cc1ccccc1Cl)C1CCN(C(=O)c2ccccc2)CC1. The number of hydrogen-bond acceptors (Lipinski definition) is 4. The van der Waals surface area contributed by atoms with Crippen LogP contribution < -0.4 is 5.32 Å². The fraction of sp³-hybridized carbons (Fsp3) is 0.370. The first kappa shape index (κ1) is 24.9. The number of piperidine rings is 1. The molecule has 0 saturated carbocycles. The van der Waals surface area contributed by atoms with Gasteiger partial charge in [0.2, 0.25) is 5.91 Å². The van der Waals surface area contributed by atoms with Gasteiger partial charge in [-0.15, -0.1) is 0 Å². The van der Waals surface area contributed by atoms with Gasteiger partial charge in [0.1, 0.15) is 5.82 Å². The van der Waals surface area contributed by atoms with E-state index in [1.807, 2.05) is 59.5 Å². The molecule has 1 fully saturated rings. The minimum Gasteiger partial charge on any atom is -0.339 e. The Morgan fingerprint density at radius 2 is 1.77 bits per heavy atom. The van der Waals surface area contributed by atoms with E-state index in [0.717, 1.165) is 36.9 Å². The van der Waals surface area contributed by atoms with Crippen molar-refractivity contribution in [1.82, 2.24) is 19.6 Å². The van der Waals surface area contributed by atoms with Crippen LogP contribution in [-0.2, 0) is 11.3 Å². The zero-order valence-corrected chi connectivity index (χ0v) is 20.8. The van der Waals surface area contributed by atoms with Crippen LogP contribution in [0.3, 0.4) is 0 Å². The second-order valence-corrected chi connectivity index (χ2v) is 9.28. The molecule has 7 nitrogen and oxygen atoms in total. The summed E-state index contributed by atoms with van der Waals surface area (Å²) in [5, 5.41) is 8.04. The zero-order valence-electron chi connectivity index (χ0n) is 20.1. The monoisotopic (exact) mass is 493 g/mol. The predicted molar refractivity (Wildman–Crippen MR) is 139 cm³/mol. The van der Waals surface area contributed by atoms with E-state index in [4.69, 9.17) is 11.6 Å². The number of benzene rings is 2. The standard InChI is InChI=1S/C27H32ClN5O2/c1-2-16-32(23-13-17-31(18-14-23)27(35)21-8-4-3-5-9-21)20-26(34)30-25-12-15-29-33(25)19-22-10-6-7-11-24(22)28/h3-12,15,23H,2,13-14,16-20H2,1H3,(H,30,34). The van der Waals surface area contributed by atoms with Crippen molar-refractivity contribution in [3.05, 3.63) is 83.0 Å². The van der Waals surface area contributed by atoms with Crippen LogP contribution in [0, 0.1) is 0 Å². The average molecular weight is 494 g/mol. The molecule has 1 aliphatic heterocycles. The van der Waals surface area contributed by atoms with Gasteiger partial charge in [-0.1, -0.05) is 54.9 Å². The van der Waals surface area contributed by atoms with Crippen LogP contribution in [0.5, 0.6) is 0 Å². The summed E-state index contributed by atoms with van der Waals surface area (Å²) in [4.78, 5) is 29.9. The van der Waals surface area contributed by atoms with Gasteiger partial charge in [-0.25, -0.2) is 4.68 Å². The molecule has 2 heterocycles. The molecule has 0 unspecified atom stereocenters. The van der Waals surface area contributed by atoms with E-state index in [9.17, 15) is 9.59 Å². The van der Waals surface area contributed by atoms with E-state index in [0.29, 0.717) is 37.0 Å². The molecular formula is C27H32ClN5O2. The number of aromatic nitrogens is 2. The van der Waals surface area contributed by atoms with Crippen molar-refractivity contribution < 1.29 is 9.59 Å². The summed E-state index contributed by atoms with van der Waals surface area (Å²) in [6.45, 7) is 5.15. The van der Waals surface area contributed by atoms with Gasteiger partial charge in [0.15, 0.2) is 0 Å². The van der Waals surface area contributed by atoms with Gasteiger partial charge in [0.25, 0.3) is 5.91 Å². The van der Waals surface area contributed by atoms with Crippen molar-refractivity contribution in [1.29, 1.82) is 0 Å². The van der Waals surface area contributed by atoms with E-state index >= 15 is 0 Å². The summed E-state index contributed by atoms with van der Waals surface area (Å²) in [6, 6.07) is 19.1. The van der Waals surface area contributed by atoms with E-state index in [2.05, 4.69) is 22.2 Å². The number of halogens is 1. The summed E-state index contributed by atoms with van der Waals surface area (Å²) in [5.74, 6) is 0.660. The number of amides is 2. The van der Waals surface area contributed by atoms with Crippen LogP contribution in [-0.4, -0.2) is 63.6 Å². The Bertz CT molecular complexity index is 1130. The van der Waals surface area contributed by atoms with Crippen LogP contribution in [0.1, 0.15) is 42.1 Å². The second kappa shape index (κ2) is 12.0. The molecule has 184 valence electrons. The van der Waals surface area contributed by atoms with Crippen LogP contribution in [0.15, 0.2) is 66.9 Å². The van der Waals surface area contributed by atoms with Crippen molar-refractivity contribution in [3.8, 4) is 0 Å². The van der Waals surface area contributed by atoms with Crippen LogP contribution >= 0.6 is 11.6 Å². The van der Waals surface area contributed by atoms with E-state index in [-0.39, 0.29) is 17.9 Å². The molecule has 0 aliphatic carbocycles. The minimum atomic E-state index is -0.0675. The maximum atomic E-state index is 13.0. The number of carbonyl (C=O) groups is 2. The molecule has 0 radical (unpaired) electrons. The molecule has 35 heavy (non-hydrogen) atoms. The van der Waals surface area contributed by atoms with E-state index in [1.54, 1.807) is 16.9 Å². The molecule has 4 rings (SSSR count). The Labute approximate surface area is 211 Å². The lowest BCUT2D eigenvalue weighted by atomic mass is 10.0. The minimum absolute atomic E-state index is 0.0675. The molecule has 0 atom stereocenters. The van der Waals surface area contributed by atoms with Crippen molar-refractivity contribution >= 4 is 29.2 Å². The molecule has 0 bridgehead atoms. The number of nitrogens with zero attached hydrogens (tertiary/aromatic N) is 4. The van der Waals surface area contributed by atoms with Gasteiger partial charge in [0.05, 0.1) is 19.3 Å². The molecule has 1 aliphatic rings. The maximum absolute atomic E-state index is 13.0. The lowest BCUT2D eigenvalue weighted by molar-refractivity contribution is -0.118. The molecule has 1 saturated heterocycles. The van der Waals surface area contributed by atoms with Gasteiger partial charge in [-0.05, 0) is 49.6 Å². The third-order valence-corrected chi connectivity index (χ3v) is 6.78. The molecule has 8 heteroatoms. The third-order valence-electron chi connectivity index (χ3n) is 6.41. The first-order chi connectivity index (χ1) is 17.0. The highest BCUT2D eigenvalue weighted by Crippen LogP contribution is 2.20. The Morgan fingerprint density at radius 1 is 1.06 bits per heavy atom. The van der Waals surface area contributed by atoms with Gasteiger partial charge in [0, 0.05) is 35.8 Å². The highest BCUT2D eigenvalue weighted by Gasteiger charge is 2.28. The maximum Gasteiger partial charge on any atom is 0.253 e. The normalized spacial score (nSPS) is 14.3. The van der Waals surface area contributed by atoms with Gasteiger partial charge >= 0.3 is 0 Å². The highest BCUT2D eigenvalue weighted by molar-refractivity contribution is 6.31. The van der Waals surface area contributed by atoms with Crippen LogP contribution in [0.2, 0.25) is 5.02 Å². The molecule has 2 aromatic carbocycles. The Kier molecular flexibility index (Phi) is 8.55. The number of rotatable bonds is 9. The first-order valence-corrected chi connectivity index (χ1v) is 12.6. The summed E-state index contributed by atoms with van der Waals surface area (Å²) in [7, 11) is 0. The van der Waals surface area contributed by atoms with Crippen LogP contribution in [0.25, 0.3) is 0 Å². The summed E-state index contributed by atoms with van der Waals surface area (Å²) < 4.78 is 1.75. The average Bonchev–Trinajstić information content (AvgIpc) is 3.31. The fourth-order valence-corrected chi connectivity index (χ4v) is 4.79. The summed E-state index contributed by atoms with van der Waals surface area (Å²) in [6.07, 6.45) is 4.35. The predicted octanol–water partition coefficient (Wildman–Crippen LogP) is 4.54.